The van der Waals surface area contributed by atoms with Crippen LogP contribution in [0, 0.1) is 5.92 Å². The predicted molar refractivity (Wildman–Crippen MR) is 63.7 cm³/mol. The number of carboxylic acid groups (broad SMARTS) is 1. The number of nitrogens with zero attached hydrogens (tertiary/aromatic N) is 3. The SMILES string of the molecule is CC1C(C(=O)O)CCN1CCc1cnn(C)c1. The first-order valence-corrected chi connectivity index (χ1v) is 6.02. The Balaban J connectivity index is 1.86. The molecule has 0 saturated carbocycles. The lowest BCUT2D eigenvalue weighted by atomic mass is 10.0. The van der Waals surface area contributed by atoms with Crippen LogP contribution in [0.4, 0.5) is 0 Å². The first kappa shape index (κ1) is 12.1. The Kier molecular flexibility index (Phi) is 3.47. The van der Waals surface area contributed by atoms with E-state index in [2.05, 4.69) is 10.00 Å². The molecule has 1 fully saturated rings. The van der Waals surface area contributed by atoms with Crippen LogP contribution in [0.5, 0.6) is 0 Å². The molecule has 2 unspecified atom stereocenters. The Bertz CT molecular complexity index is 402. The molecule has 17 heavy (non-hydrogen) atoms. The standard InChI is InChI=1S/C12H19N3O2/c1-9-11(12(16)17)4-6-15(9)5-3-10-7-13-14(2)8-10/h7-9,11H,3-6H2,1-2H3,(H,16,17). The van der Waals surface area contributed by atoms with Crippen molar-refractivity contribution in [3.8, 4) is 0 Å². The first-order valence-electron chi connectivity index (χ1n) is 6.02. The molecule has 94 valence electrons. The van der Waals surface area contributed by atoms with Crippen molar-refractivity contribution in [1.82, 2.24) is 14.7 Å². The fraction of sp³-hybridized carbons (Fsp3) is 0.667. The van der Waals surface area contributed by atoms with Crippen molar-refractivity contribution in [2.24, 2.45) is 13.0 Å². The smallest absolute Gasteiger partial charge is 0.308 e. The maximum atomic E-state index is 11.0. The maximum Gasteiger partial charge on any atom is 0.308 e. The molecule has 1 aliphatic heterocycles. The number of carbonyl (C=O) groups is 1. The van der Waals surface area contributed by atoms with E-state index < -0.39 is 5.97 Å². The number of carboxylic acids is 1. The van der Waals surface area contributed by atoms with Gasteiger partial charge in [0.1, 0.15) is 0 Å². The second-order valence-electron chi connectivity index (χ2n) is 4.78. The van der Waals surface area contributed by atoms with Gasteiger partial charge in [0.25, 0.3) is 0 Å². The predicted octanol–water partition coefficient (Wildman–Crippen LogP) is 0.758. The molecule has 0 radical (unpaired) electrons. The van der Waals surface area contributed by atoms with E-state index in [1.807, 2.05) is 26.4 Å². The van der Waals surface area contributed by atoms with Crippen molar-refractivity contribution >= 4 is 5.97 Å². The third-order valence-electron chi connectivity index (χ3n) is 3.65. The number of hydrogen-bond donors (Lipinski definition) is 1. The zero-order valence-corrected chi connectivity index (χ0v) is 10.3. The molecule has 1 aliphatic rings. The number of hydrogen-bond acceptors (Lipinski definition) is 3. The van der Waals surface area contributed by atoms with E-state index in [-0.39, 0.29) is 12.0 Å². The highest BCUT2D eigenvalue weighted by Gasteiger charge is 2.34. The van der Waals surface area contributed by atoms with E-state index in [9.17, 15) is 4.79 Å². The van der Waals surface area contributed by atoms with Crippen LogP contribution in [0.1, 0.15) is 18.9 Å². The molecule has 0 spiro atoms. The largest absolute Gasteiger partial charge is 0.481 e. The van der Waals surface area contributed by atoms with Gasteiger partial charge in [0, 0.05) is 25.8 Å². The van der Waals surface area contributed by atoms with Gasteiger partial charge < -0.3 is 5.11 Å². The van der Waals surface area contributed by atoms with Crippen LogP contribution >= 0.6 is 0 Å². The monoisotopic (exact) mass is 237 g/mol. The lowest BCUT2D eigenvalue weighted by molar-refractivity contribution is -0.142. The lowest BCUT2D eigenvalue weighted by Crippen LogP contribution is -2.34. The summed E-state index contributed by atoms with van der Waals surface area (Å²) in [6.07, 6.45) is 5.58. The molecule has 0 bridgehead atoms. The summed E-state index contributed by atoms with van der Waals surface area (Å²) in [5.41, 5.74) is 1.21. The van der Waals surface area contributed by atoms with Gasteiger partial charge in [-0.3, -0.25) is 14.4 Å². The Morgan fingerprint density at radius 3 is 2.94 bits per heavy atom. The van der Waals surface area contributed by atoms with Crippen LogP contribution in [0.25, 0.3) is 0 Å². The molecule has 1 aromatic heterocycles. The Morgan fingerprint density at radius 2 is 2.41 bits per heavy atom. The van der Waals surface area contributed by atoms with Crippen molar-refractivity contribution in [2.45, 2.75) is 25.8 Å². The molecule has 0 aliphatic carbocycles. The minimum Gasteiger partial charge on any atom is -0.481 e. The number of likely N-dealkylation sites (tertiary alicyclic amines) is 1. The van der Waals surface area contributed by atoms with Gasteiger partial charge in [-0.1, -0.05) is 0 Å². The Hall–Kier alpha value is -1.36. The average molecular weight is 237 g/mol. The first-order chi connectivity index (χ1) is 8.08. The van der Waals surface area contributed by atoms with Gasteiger partial charge in [-0.2, -0.15) is 5.10 Å². The van der Waals surface area contributed by atoms with E-state index in [1.165, 1.54) is 5.56 Å². The Labute approximate surface area is 101 Å². The summed E-state index contributed by atoms with van der Waals surface area (Å²) in [5, 5.41) is 13.2. The maximum absolute atomic E-state index is 11.0. The highest BCUT2D eigenvalue weighted by atomic mass is 16.4. The summed E-state index contributed by atoms with van der Waals surface area (Å²) in [7, 11) is 1.91. The van der Waals surface area contributed by atoms with Crippen molar-refractivity contribution in [3.63, 3.8) is 0 Å². The topological polar surface area (TPSA) is 58.4 Å². The van der Waals surface area contributed by atoms with E-state index in [0.29, 0.717) is 0 Å². The van der Waals surface area contributed by atoms with Gasteiger partial charge in [0.05, 0.1) is 12.1 Å². The summed E-state index contributed by atoms with van der Waals surface area (Å²) in [6.45, 7) is 3.81. The third-order valence-corrected chi connectivity index (χ3v) is 3.65. The highest BCUT2D eigenvalue weighted by Crippen LogP contribution is 2.24. The van der Waals surface area contributed by atoms with Crippen LogP contribution in [0.15, 0.2) is 12.4 Å². The summed E-state index contributed by atoms with van der Waals surface area (Å²) >= 11 is 0. The van der Waals surface area contributed by atoms with E-state index in [0.717, 1.165) is 25.9 Å². The number of rotatable bonds is 4. The molecule has 5 heteroatoms. The zero-order chi connectivity index (χ0) is 12.4. The highest BCUT2D eigenvalue weighted by molar-refractivity contribution is 5.71. The molecule has 2 rings (SSSR count). The molecular weight excluding hydrogens is 218 g/mol. The van der Waals surface area contributed by atoms with Gasteiger partial charge in [-0.25, -0.2) is 0 Å². The number of aliphatic carboxylic acids is 1. The van der Waals surface area contributed by atoms with E-state index in [1.54, 1.807) is 4.68 Å². The summed E-state index contributed by atoms with van der Waals surface area (Å²) < 4.78 is 1.79. The zero-order valence-electron chi connectivity index (χ0n) is 10.3. The fourth-order valence-corrected chi connectivity index (χ4v) is 2.52. The minimum atomic E-state index is -0.665. The molecule has 5 nitrogen and oxygen atoms in total. The summed E-state index contributed by atoms with van der Waals surface area (Å²) in [5.74, 6) is -0.870. The van der Waals surface area contributed by atoms with Crippen molar-refractivity contribution in [3.05, 3.63) is 18.0 Å². The third kappa shape index (κ3) is 2.66. The Morgan fingerprint density at radius 1 is 1.65 bits per heavy atom. The molecule has 2 heterocycles. The van der Waals surface area contributed by atoms with Crippen molar-refractivity contribution in [1.29, 1.82) is 0 Å². The van der Waals surface area contributed by atoms with E-state index >= 15 is 0 Å². The molecule has 1 N–H and O–H groups in total. The molecule has 0 aromatic carbocycles. The van der Waals surface area contributed by atoms with Crippen molar-refractivity contribution in [2.75, 3.05) is 13.1 Å². The quantitative estimate of drug-likeness (QED) is 0.840. The van der Waals surface area contributed by atoms with E-state index in [4.69, 9.17) is 5.11 Å². The molecule has 1 saturated heterocycles. The average Bonchev–Trinajstić information content (AvgIpc) is 2.82. The van der Waals surface area contributed by atoms with Crippen LogP contribution < -0.4 is 0 Å². The second kappa shape index (κ2) is 4.87. The van der Waals surface area contributed by atoms with Crippen LogP contribution in [0.2, 0.25) is 0 Å². The van der Waals surface area contributed by atoms with Gasteiger partial charge in [-0.05, 0) is 31.9 Å². The number of aromatic nitrogens is 2. The lowest BCUT2D eigenvalue weighted by Gasteiger charge is -2.22. The van der Waals surface area contributed by atoms with Gasteiger partial charge in [0.2, 0.25) is 0 Å². The fourth-order valence-electron chi connectivity index (χ4n) is 2.52. The summed E-state index contributed by atoms with van der Waals surface area (Å²) in [6, 6.07) is 0.143. The minimum absolute atomic E-state index is 0.143. The molecule has 2 atom stereocenters. The van der Waals surface area contributed by atoms with Crippen LogP contribution in [-0.4, -0.2) is 44.9 Å². The van der Waals surface area contributed by atoms with Gasteiger partial charge in [-0.15, -0.1) is 0 Å². The second-order valence-corrected chi connectivity index (χ2v) is 4.78. The molecule has 1 aromatic rings. The summed E-state index contributed by atoms with van der Waals surface area (Å²) in [4.78, 5) is 13.3. The normalized spacial score (nSPS) is 25.3. The van der Waals surface area contributed by atoms with Crippen LogP contribution in [0.3, 0.4) is 0 Å². The molecule has 0 amide bonds. The molecular formula is C12H19N3O2. The number of aryl methyl sites for hydroxylation is 1. The van der Waals surface area contributed by atoms with Gasteiger partial charge in [0.15, 0.2) is 0 Å². The van der Waals surface area contributed by atoms with Crippen LogP contribution in [-0.2, 0) is 18.3 Å². The van der Waals surface area contributed by atoms with Crippen molar-refractivity contribution < 1.29 is 9.90 Å². The van der Waals surface area contributed by atoms with Gasteiger partial charge >= 0.3 is 5.97 Å².